The number of hydrogen-bond acceptors (Lipinski definition) is 9. The van der Waals surface area contributed by atoms with Crippen LogP contribution in [0.25, 0.3) is 11.1 Å². The molecule has 1 amide bonds. The van der Waals surface area contributed by atoms with Crippen LogP contribution in [0.3, 0.4) is 0 Å². The molecule has 0 radical (unpaired) electrons. The summed E-state index contributed by atoms with van der Waals surface area (Å²) in [5.41, 5.74) is 5.21. The predicted octanol–water partition coefficient (Wildman–Crippen LogP) is 2.38. The SMILES string of the molecule is CN(C)[C@@H]1C(O)=C(C(N)=O)C(=O)C2(O)C(O)=C3C(=O)c4c(O)ccc(-c5ccc(CN6CCCC6)cc5)c4C[C@H]3C[C@@H]12. The molecule has 1 saturated heterocycles. The Kier molecular flexibility index (Phi) is 6.75. The first kappa shape index (κ1) is 28.1. The smallest absolute Gasteiger partial charge is 0.255 e. The molecule has 1 aliphatic heterocycles. The third kappa shape index (κ3) is 4.08. The Morgan fingerprint density at radius 1 is 1.05 bits per heavy atom. The van der Waals surface area contributed by atoms with Gasteiger partial charge < -0.3 is 26.2 Å². The molecule has 42 heavy (non-hydrogen) atoms. The van der Waals surface area contributed by atoms with Crippen LogP contribution in [0, 0.1) is 11.8 Å². The van der Waals surface area contributed by atoms with Gasteiger partial charge in [-0.2, -0.15) is 0 Å². The van der Waals surface area contributed by atoms with Crippen molar-refractivity contribution < 1.29 is 34.8 Å². The third-order valence-electron chi connectivity index (χ3n) is 9.48. The van der Waals surface area contributed by atoms with Gasteiger partial charge in [0.25, 0.3) is 5.91 Å². The first-order chi connectivity index (χ1) is 19.9. The number of nitrogens with zero attached hydrogens (tertiary/aromatic N) is 2. The summed E-state index contributed by atoms with van der Waals surface area (Å²) in [5, 5.41) is 45.0. The first-order valence-electron chi connectivity index (χ1n) is 14.3. The lowest BCUT2D eigenvalue weighted by Gasteiger charge is -2.50. The number of aromatic hydroxyl groups is 1. The minimum Gasteiger partial charge on any atom is -0.510 e. The van der Waals surface area contributed by atoms with Crippen molar-refractivity contribution in [3.05, 3.63) is 75.8 Å². The summed E-state index contributed by atoms with van der Waals surface area (Å²) < 4.78 is 0. The molecule has 3 aliphatic carbocycles. The van der Waals surface area contributed by atoms with Crippen molar-refractivity contribution >= 4 is 17.5 Å². The van der Waals surface area contributed by atoms with Crippen molar-refractivity contribution in [3.8, 4) is 16.9 Å². The van der Waals surface area contributed by atoms with Gasteiger partial charge in [0.1, 0.15) is 22.8 Å². The number of allylic oxidation sites excluding steroid dienone is 1. The lowest BCUT2D eigenvalue weighted by Crippen LogP contribution is -2.63. The second-order valence-electron chi connectivity index (χ2n) is 12.1. The number of carbonyl (C=O) groups excluding carboxylic acids is 3. The summed E-state index contributed by atoms with van der Waals surface area (Å²) in [7, 11) is 3.22. The lowest BCUT2D eigenvalue weighted by molar-refractivity contribution is -0.148. The Labute approximate surface area is 243 Å². The van der Waals surface area contributed by atoms with E-state index in [4.69, 9.17) is 5.73 Å². The van der Waals surface area contributed by atoms with E-state index in [0.717, 1.165) is 30.8 Å². The van der Waals surface area contributed by atoms with Gasteiger partial charge in [-0.15, -0.1) is 0 Å². The Hall–Kier alpha value is -3.99. The summed E-state index contributed by atoms with van der Waals surface area (Å²) in [4.78, 5) is 43.5. The maximum Gasteiger partial charge on any atom is 0.255 e. The number of Topliss-reactive ketones (excluding diaryl/α,β-unsaturated/α-hetero) is 2. The van der Waals surface area contributed by atoms with E-state index in [1.54, 1.807) is 20.2 Å². The van der Waals surface area contributed by atoms with Gasteiger partial charge >= 0.3 is 0 Å². The van der Waals surface area contributed by atoms with E-state index in [0.29, 0.717) is 5.56 Å². The van der Waals surface area contributed by atoms with Crippen LogP contribution in [0.15, 0.2) is 59.1 Å². The minimum atomic E-state index is -2.65. The number of phenolic OH excluding ortho intramolecular Hbond substituents is 1. The molecule has 0 bridgehead atoms. The highest BCUT2D eigenvalue weighted by molar-refractivity contribution is 6.24. The number of likely N-dealkylation sites (N-methyl/N-ethyl adjacent to an activating group) is 1. The van der Waals surface area contributed by atoms with E-state index in [1.165, 1.54) is 29.4 Å². The highest BCUT2D eigenvalue weighted by Crippen LogP contribution is 2.53. The predicted molar refractivity (Wildman–Crippen MR) is 154 cm³/mol. The topological polar surface area (TPSA) is 165 Å². The maximum absolute atomic E-state index is 14.0. The Morgan fingerprint density at radius 3 is 2.33 bits per heavy atom. The standard InChI is InChI=1S/C32H35N3O7/c1-34(2)26-21-14-18-13-20-19(17-7-5-16(6-8-17)15-35-11-3-4-12-35)9-10-22(36)24(20)27(37)23(18)29(39)32(21,42)30(40)25(28(26)38)31(33)41/h5-10,18,21,26,36,38-39,42H,3-4,11-15H2,1-2H3,(H2,33,41)/t18-,21-,26-,32?/m0/s1. The van der Waals surface area contributed by atoms with Gasteiger partial charge in [0.05, 0.1) is 11.6 Å². The molecule has 220 valence electrons. The number of hydrogen-bond donors (Lipinski definition) is 5. The molecule has 0 saturated carbocycles. The monoisotopic (exact) mass is 573 g/mol. The first-order valence-corrected chi connectivity index (χ1v) is 14.3. The van der Waals surface area contributed by atoms with Gasteiger partial charge in [0, 0.05) is 18.0 Å². The lowest BCUT2D eigenvalue weighted by atomic mass is 9.58. The minimum absolute atomic E-state index is 0.00873. The number of likely N-dealkylation sites (tertiary alicyclic amines) is 1. The van der Waals surface area contributed by atoms with Crippen LogP contribution in [0.4, 0.5) is 0 Å². The van der Waals surface area contributed by atoms with E-state index in [2.05, 4.69) is 17.0 Å². The highest BCUT2D eigenvalue weighted by atomic mass is 16.3. The van der Waals surface area contributed by atoms with Crippen LogP contribution in [0.2, 0.25) is 0 Å². The molecular weight excluding hydrogens is 538 g/mol. The van der Waals surface area contributed by atoms with Gasteiger partial charge in [-0.05, 0) is 87.1 Å². The number of nitrogens with two attached hydrogens (primary N) is 1. The molecule has 2 aromatic rings. The number of fused-ring (bicyclic) bond motifs is 3. The molecule has 6 rings (SSSR count). The summed E-state index contributed by atoms with van der Waals surface area (Å²) in [6, 6.07) is 10.3. The van der Waals surface area contributed by atoms with Gasteiger partial charge in [-0.3, -0.25) is 24.2 Å². The van der Waals surface area contributed by atoms with Crippen molar-refractivity contribution in [3.63, 3.8) is 0 Å². The summed E-state index contributed by atoms with van der Waals surface area (Å²) >= 11 is 0. The van der Waals surface area contributed by atoms with E-state index in [9.17, 15) is 34.8 Å². The van der Waals surface area contributed by atoms with E-state index < -0.39 is 58.0 Å². The average molecular weight is 574 g/mol. The number of phenols is 1. The fourth-order valence-electron chi connectivity index (χ4n) is 7.51. The van der Waals surface area contributed by atoms with Crippen molar-refractivity contribution in [1.29, 1.82) is 0 Å². The van der Waals surface area contributed by atoms with Crippen molar-refractivity contribution in [2.45, 2.75) is 43.9 Å². The molecular formula is C32H35N3O7. The number of primary amides is 1. The van der Waals surface area contributed by atoms with Crippen molar-refractivity contribution in [1.82, 2.24) is 9.80 Å². The zero-order valence-corrected chi connectivity index (χ0v) is 23.6. The fraction of sp³-hybridized carbons (Fsp3) is 0.406. The molecule has 10 nitrogen and oxygen atoms in total. The normalized spacial score (nSPS) is 27.8. The second-order valence-corrected chi connectivity index (χ2v) is 12.1. The number of amides is 1. The van der Waals surface area contributed by atoms with Gasteiger partial charge in [0.2, 0.25) is 5.78 Å². The van der Waals surface area contributed by atoms with Gasteiger partial charge in [-0.1, -0.05) is 30.3 Å². The molecule has 1 heterocycles. The Morgan fingerprint density at radius 2 is 1.71 bits per heavy atom. The molecule has 1 unspecified atom stereocenters. The number of carbonyl (C=O) groups is 3. The van der Waals surface area contributed by atoms with Crippen LogP contribution in [-0.4, -0.2) is 86.5 Å². The number of rotatable bonds is 5. The van der Waals surface area contributed by atoms with Gasteiger partial charge in [0.15, 0.2) is 11.4 Å². The molecule has 6 N–H and O–H groups in total. The summed E-state index contributed by atoms with van der Waals surface area (Å²) in [5.74, 6) is -6.58. The molecule has 4 aliphatic rings. The van der Waals surface area contributed by atoms with E-state index in [1.807, 2.05) is 12.1 Å². The Bertz CT molecular complexity index is 1570. The van der Waals surface area contributed by atoms with Crippen LogP contribution < -0.4 is 5.73 Å². The summed E-state index contributed by atoms with van der Waals surface area (Å²) in [6.45, 7) is 3.05. The zero-order valence-electron chi connectivity index (χ0n) is 23.6. The Balaban J connectivity index is 1.43. The number of ketones is 2. The molecule has 4 atom stereocenters. The maximum atomic E-state index is 14.0. The second kappa shape index (κ2) is 10.1. The zero-order chi connectivity index (χ0) is 30.1. The molecule has 1 fully saturated rings. The average Bonchev–Trinajstić information content (AvgIpc) is 3.44. The number of benzene rings is 2. The van der Waals surface area contributed by atoms with Crippen molar-refractivity contribution in [2.75, 3.05) is 27.2 Å². The molecule has 0 spiro atoms. The van der Waals surface area contributed by atoms with E-state index >= 15 is 0 Å². The van der Waals surface area contributed by atoms with Crippen LogP contribution in [0.5, 0.6) is 5.75 Å². The third-order valence-corrected chi connectivity index (χ3v) is 9.48. The van der Waals surface area contributed by atoms with Crippen LogP contribution >= 0.6 is 0 Å². The van der Waals surface area contributed by atoms with Gasteiger partial charge in [-0.25, -0.2) is 0 Å². The molecule has 10 heteroatoms. The summed E-state index contributed by atoms with van der Waals surface area (Å²) in [6.07, 6.45) is 2.72. The number of aliphatic hydroxyl groups excluding tert-OH is 2. The molecule has 2 aromatic carbocycles. The highest BCUT2D eigenvalue weighted by Gasteiger charge is 2.63. The van der Waals surface area contributed by atoms with Crippen LogP contribution in [0.1, 0.15) is 40.7 Å². The number of aliphatic hydroxyl groups is 3. The van der Waals surface area contributed by atoms with Crippen LogP contribution in [-0.2, 0) is 22.6 Å². The quantitative estimate of drug-likeness (QED) is 0.338. The largest absolute Gasteiger partial charge is 0.510 e. The fourth-order valence-corrected chi connectivity index (χ4v) is 7.51. The molecule has 0 aromatic heterocycles. The van der Waals surface area contributed by atoms with E-state index in [-0.39, 0.29) is 29.7 Å². The van der Waals surface area contributed by atoms with Crippen molar-refractivity contribution in [2.24, 2.45) is 17.6 Å².